The minimum Gasteiger partial charge on any atom is -0.342 e. The van der Waals surface area contributed by atoms with Gasteiger partial charge in [-0.1, -0.05) is 0 Å². The molecule has 0 aliphatic carbocycles. The van der Waals surface area contributed by atoms with E-state index in [2.05, 4.69) is 14.5 Å². The average Bonchev–Trinajstić information content (AvgIpc) is 3.08. The molecule has 4 heterocycles. The molecule has 0 spiro atoms. The number of rotatable bonds is 4. The highest BCUT2D eigenvalue weighted by molar-refractivity contribution is 5.96. The summed E-state index contributed by atoms with van der Waals surface area (Å²) in [5.41, 5.74) is 3.67. The van der Waals surface area contributed by atoms with E-state index in [1.165, 1.54) is 6.42 Å². The second kappa shape index (κ2) is 9.00. The molecule has 0 unspecified atom stereocenters. The van der Waals surface area contributed by atoms with Gasteiger partial charge >= 0.3 is 0 Å². The second-order valence-electron chi connectivity index (χ2n) is 8.34. The Morgan fingerprint density at radius 3 is 2.37 bits per heavy atom. The Kier molecular flexibility index (Phi) is 6.18. The van der Waals surface area contributed by atoms with E-state index in [4.69, 9.17) is 0 Å². The molecule has 2 aliphatic heterocycles. The van der Waals surface area contributed by atoms with Crippen molar-refractivity contribution < 1.29 is 9.59 Å². The van der Waals surface area contributed by atoms with Gasteiger partial charge in [0.1, 0.15) is 0 Å². The molecule has 0 N–H and O–H groups in total. The third kappa shape index (κ3) is 4.26. The molecule has 7 nitrogen and oxygen atoms in total. The maximum absolute atomic E-state index is 13.2. The number of aryl methyl sites for hydroxylation is 1. The van der Waals surface area contributed by atoms with Crippen molar-refractivity contribution in [1.82, 2.24) is 24.3 Å². The summed E-state index contributed by atoms with van der Waals surface area (Å²) in [6.07, 6.45) is 7.02. The van der Waals surface area contributed by atoms with Crippen LogP contribution >= 0.6 is 0 Å². The van der Waals surface area contributed by atoms with Gasteiger partial charge in [-0.05, 0) is 51.3 Å². The third-order valence-electron chi connectivity index (χ3n) is 6.29. The molecule has 2 amide bonds. The van der Waals surface area contributed by atoms with E-state index in [9.17, 15) is 9.59 Å². The number of aromatic nitrogens is 2. The van der Waals surface area contributed by atoms with E-state index in [0.29, 0.717) is 19.6 Å². The van der Waals surface area contributed by atoms with E-state index in [0.717, 1.165) is 61.7 Å². The number of piperidine rings is 1. The second-order valence-corrected chi connectivity index (χ2v) is 8.34. The molecular formula is C23H31N5O2. The zero-order valence-corrected chi connectivity index (χ0v) is 18.0. The first kappa shape index (κ1) is 20.6. The van der Waals surface area contributed by atoms with Crippen molar-refractivity contribution in [3.63, 3.8) is 0 Å². The van der Waals surface area contributed by atoms with E-state index < -0.39 is 0 Å². The van der Waals surface area contributed by atoms with Gasteiger partial charge in [0.2, 0.25) is 5.91 Å². The molecule has 30 heavy (non-hydrogen) atoms. The molecule has 0 aromatic carbocycles. The van der Waals surface area contributed by atoms with Crippen LogP contribution in [-0.2, 0) is 4.79 Å². The zero-order chi connectivity index (χ0) is 21.1. The number of carbonyl (C=O) groups excluding carboxylic acids is 2. The summed E-state index contributed by atoms with van der Waals surface area (Å²) < 4.78 is 2.08. The van der Waals surface area contributed by atoms with Crippen LogP contribution in [0.3, 0.4) is 0 Å². The monoisotopic (exact) mass is 409 g/mol. The maximum atomic E-state index is 13.2. The quantitative estimate of drug-likeness (QED) is 0.777. The smallest absolute Gasteiger partial charge is 0.255 e. The van der Waals surface area contributed by atoms with E-state index in [1.54, 1.807) is 6.20 Å². The topological polar surface area (TPSA) is 61.7 Å². The van der Waals surface area contributed by atoms with Crippen LogP contribution in [0.25, 0.3) is 5.69 Å². The van der Waals surface area contributed by atoms with E-state index in [-0.39, 0.29) is 11.8 Å². The van der Waals surface area contributed by atoms with Crippen LogP contribution < -0.4 is 0 Å². The first-order valence-corrected chi connectivity index (χ1v) is 10.9. The number of nitrogens with zero attached hydrogens (tertiary/aromatic N) is 5. The molecule has 7 heteroatoms. The van der Waals surface area contributed by atoms with Crippen LogP contribution in [0.2, 0.25) is 0 Å². The zero-order valence-electron chi connectivity index (χ0n) is 18.0. The Morgan fingerprint density at radius 2 is 1.70 bits per heavy atom. The number of piperazine rings is 1. The average molecular weight is 410 g/mol. The molecule has 2 aliphatic rings. The summed E-state index contributed by atoms with van der Waals surface area (Å²) in [4.78, 5) is 36.0. The highest BCUT2D eigenvalue weighted by atomic mass is 16.2. The van der Waals surface area contributed by atoms with Crippen LogP contribution in [0, 0.1) is 13.8 Å². The van der Waals surface area contributed by atoms with E-state index in [1.807, 2.05) is 48.0 Å². The molecule has 2 saturated heterocycles. The number of likely N-dealkylation sites (tertiary alicyclic amines) is 1. The van der Waals surface area contributed by atoms with Crippen molar-refractivity contribution >= 4 is 11.8 Å². The van der Waals surface area contributed by atoms with Gasteiger partial charge in [0.25, 0.3) is 5.91 Å². The summed E-state index contributed by atoms with van der Waals surface area (Å²) in [6, 6.07) is 5.87. The Hall–Kier alpha value is -2.67. The SMILES string of the molecule is Cc1cc(C(=O)N2CCN(CC(=O)N3CCCCC3)CC2)c(C)n1-c1cccnc1. The summed E-state index contributed by atoms with van der Waals surface area (Å²) in [6.45, 7) is 9.05. The van der Waals surface area contributed by atoms with Crippen molar-refractivity contribution in [3.05, 3.63) is 47.5 Å². The normalized spacial score (nSPS) is 17.9. The number of carbonyl (C=O) groups is 2. The van der Waals surface area contributed by atoms with Crippen molar-refractivity contribution in [3.8, 4) is 5.69 Å². The summed E-state index contributed by atoms with van der Waals surface area (Å²) in [5, 5.41) is 0. The van der Waals surface area contributed by atoms with Crippen LogP contribution in [-0.4, -0.2) is 81.9 Å². The van der Waals surface area contributed by atoms with E-state index >= 15 is 0 Å². The van der Waals surface area contributed by atoms with Crippen LogP contribution in [0.1, 0.15) is 41.0 Å². The summed E-state index contributed by atoms with van der Waals surface area (Å²) >= 11 is 0. The van der Waals surface area contributed by atoms with Crippen LogP contribution in [0.4, 0.5) is 0 Å². The van der Waals surface area contributed by atoms with Gasteiger partial charge in [0.15, 0.2) is 0 Å². The largest absolute Gasteiger partial charge is 0.342 e. The lowest BCUT2D eigenvalue weighted by atomic mass is 10.1. The molecule has 2 fully saturated rings. The fourth-order valence-electron chi connectivity index (χ4n) is 4.58. The number of hydrogen-bond acceptors (Lipinski definition) is 4. The molecule has 160 valence electrons. The molecule has 4 rings (SSSR count). The predicted molar refractivity (Wildman–Crippen MR) is 116 cm³/mol. The number of pyridine rings is 1. The summed E-state index contributed by atoms with van der Waals surface area (Å²) in [5.74, 6) is 0.301. The lowest BCUT2D eigenvalue weighted by Gasteiger charge is -2.36. The van der Waals surface area contributed by atoms with Gasteiger partial charge in [0.05, 0.1) is 24.0 Å². The van der Waals surface area contributed by atoms with Gasteiger partial charge in [-0.15, -0.1) is 0 Å². The van der Waals surface area contributed by atoms with Gasteiger partial charge in [-0.3, -0.25) is 19.5 Å². The van der Waals surface area contributed by atoms with Gasteiger partial charge in [-0.25, -0.2) is 0 Å². The van der Waals surface area contributed by atoms with Gasteiger partial charge in [-0.2, -0.15) is 0 Å². The standard InChI is InChI=1S/C23H31N5O2/c1-18-15-21(19(2)28(18)20-7-6-8-24-16-20)23(30)27-13-11-25(12-14-27)17-22(29)26-9-4-3-5-10-26/h6-8,15-16H,3-5,9-14,17H2,1-2H3. The van der Waals surface area contributed by atoms with Crippen molar-refractivity contribution in [2.45, 2.75) is 33.1 Å². The number of amides is 2. The lowest BCUT2D eigenvalue weighted by Crippen LogP contribution is -2.52. The van der Waals surface area contributed by atoms with Crippen LogP contribution in [0.5, 0.6) is 0 Å². The molecular weight excluding hydrogens is 378 g/mol. The fourth-order valence-corrected chi connectivity index (χ4v) is 4.58. The van der Waals surface area contributed by atoms with Crippen LogP contribution in [0.15, 0.2) is 30.6 Å². The lowest BCUT2D eigenvalue weighted by molar-refractivity contribution is -0.133. The third-order valence-corrected chi connectivity index (χ3v) is 6.29. The number of hydrogen-bond donors (Lipinski definition) is 0. The van der Waals surface area contributed by atoms with Crippen molar-refractivity contribution in [2.24, 2.45) is 0 Å². The highest BCUT2D eigenvalue weighted by Crippen LogP contribution is 2.22. The molecule has 0 atom stereocenters. The molecule has 2 aromatic heterocycles. The first-order chi connectivity index (χ1) is 14.5. The first-order valence-electron chi connectivity index (χ1n) is 10.9. The Morgan fingerprint density at radius 1 is 0.967 bits per heavy atom. The van der Waals surface area contributed by atoms with Gasteiger partial charge in [0, 0.05) is 56.9 Å². The Bertz CT molecular complexity index is 894. The molecule has 0 saturated carbocycles. The van der Waals surface area contributed by atoms with Crippen molar-refractivity contribution in [2.75, 3.05) is 45.8 Å². The molecule has 0 bridgehead atoms. The summed E-state index contributed by atoms with van der Waals surface area (Å²) in [7, 11) is 0. The van der Waals surface area contributed by atoms with Gasteiger partial charge < -0.3 is 14.4 Å². The minimum absolute atomic E-state index is 0.0697. The molecule has 0 radical (unpaired) electrons. The Balaban J connectivity index is 1.37. The molecule has 2 aromatic rings. The fraction of sp³-hybridized carbons (Fsp3) is 0.522. The maximum Gasteiger partial charge on any atom is 0.255 e. The predicted octanol–water partition coefficient (Wildman–Crippen LogP) is 2.26. The van der Waals surface area contributed by atoms with Crippen molar-refractivity contribution in [1.29, 1.82) is 0 Å². The minimum atomic E-state index is 0.0697. The highest BCUT2D eigenvalue weighted by Gasteiger charge is 2.27. The Labute approximate surface area is 178 Å².